The van der Waals surface area contributed by atoms with Gasteiger partial charge in [0.25, 0.3) is 0 Å². The molecule has 1 aliphatic rings. The van der Waals surface area contributed by atoms with Crippen LogP contribution in [0.4, 0.5) is 5.95 Å². The second-order valence-corrected chi connectivity index (χ2v) is 9.01. The van der Waals surface area contributed by atoms with Crippen molar-refractivity contribution in [3.05, 3.63) is 67.0 Å². The van der Waals surface area contributed by atoms with Gasteiger partial charge in [-0.15, -0.1) is 0 Å². The summed E-state index contributed by atoms with van der Waals surface area (Å²) in [6, 6.07) is 16.6. The number of benzene rings is 2. The Kier molecular flexibility index (Phi) is 4.68. The van der Waals surface area contributed by atoms with Gasteiger partial charge in [-0.25, -0.2) is 23.4 Å². The first kappa shape index (κ1) is 18.7. The van der Waals surface area contributed by atoms with Gasteiger partial charge in [0.05, 0.1) is 15.9 Å². The monoisotopic (exact) mass is 420 g/mol. The molecule has 2 aromatic heterocycles. The van der Waals surface area contributed by atoms with Crippen molar-refractivity contribution in [3.8, 4) is 11.4 Å². The quantitative estimate of drug-likeness (QED) is 0.545. The molecule has 1 N–H and O–H groups in total. The van der Waals surface area contributed by atoms with E-state index < -0.39 is 10.0 Å². The summed E-state index contributed by atoms with van der Waals surface area (Å²) in [5, 5.41) is 0. The van der Waals surface area contributed by atoms with Crippen molar-refractivity contribution >= 4 is 27.0 Å². The van der Waals surface area contributed by atoms with E-state index in [1.54, 1.807) is 36.7 Å². The van der Waals surface area contributed by atoms with Crippen LogP contribution in [0.3, 0.4) is 0 Å². The lowest BCUT2D eigenvalue weighted by atomic mass is 10.2. The maximum absolute atomic E-state index is 13.2. The molecule has 0 aliphatic carbocycles. The highest BCUT2D eigenvalue weighted by atomic mass is 32.2. The van der Waals surface area contributed by atoms with Crippen LogP contribution in [0.25, 0.3) is 22.4 Å². The Morgan fingerprint density at radius 2 is 1.60 bits per heavy atom. The van der Waals surface area contributed by atoms with E-state index in [0.29, 0.717) is 37.6 Å². The lowest BCUT2D eigenvalue weighted by Gasteiger charge is -2.33. The smallest absolute Gasteiger partial charge is 0.243 e. The highest BCUT2D eigenvalue weighted by Gasteiger charge is 2.29. The summed E-state index contributed by atoms with van der Waals surface area (Å²) in [5.74, 6) is 1.35. The van der Waals surface area contributed by atoms with Crippen molar-refractivity contribution < 1.29 is 8.42 Å². The zero-order valence-corrected chi connectivity index (χ0v) is 17.0. The highest BCUT2D eigenvalue weighted by Crippen LogP contribution is 2.25. The predicted octanol–water partition coefficient (Wildman–Crippen LogP) is 2.53. The number of hydrogen-bond acceptors (Lipinski definition) is 6. The van der Waals surface area contributed by atoms with Gasteiger partial charge in [0, 0.05) is 44.1 Å². The molecular weight excluding hydrogens is 400 g/mol. The van der Waals surface area contributed by atoms with Crippen molar-refractivity contribution in [1.82, 2.24) is 24.2 Å². The molecule has 30 heavy (non-hydrogen) atoms. The fraction of sp³-hybridized carbons (Fsp3) is 0.190. The molecule has 8 nitrogen and oxygen atoms in total. The molecule has 1 fully saturated rings. The van der Waals surface area contributed by atoms with E-state index in [0.717, 1.165) is 16.9 Å². The van der Waals surface area contributed by atoms with Gasteiger partial charge in [0.15, 0.2) is 0 Å². The van der Waals surface area contributed by atoms with Gasteiger partial charge >= 0.3 is 0 Å². The van der Waals surface area contributed by atoms with Crippen LogP contribution in [0.2, 0.25) is 0 Å². The van der Waals surface area contributed by atoms with Gasteiger partial charge in [0.1, 0.15) is 5.82 Å². The first-order chi connectivity index (χ1) is 14.6. The Hall–Kier alpha value is -3.30. The van der Waals surface area contributed by atoms with Crippen LogP contribution in [0.15, 0.2) is 71.9 Å². The van der Waals surface area contributed by atoms with E-state index >= 15 is 0 Å². The van der Waals surface area contributed by atoms with Crippen LogP contribution in [-0.4, -0.2) is 58.8 Å². The summed E-state index contributed by atoms with van der Waals surface area (Å²) in [5.41, 5.74) is 2.39. The number of aromatic nitrogens is 4. The number of nitrogens with one attached hydrogen (secondary N) is 1. The van der Waals surface area contributed by atoms with Crippen LogP contribution < -0.4 is 4.90 Å². The van der Waals surface area contributed by atoms with Crippen LogP contribution >= 0.6 is 0 Å². The fourth-order valence-corrected chi connectivity index (χ4v) is 5.06. The largest absolute Gasteiger partial charge is 0.338 e. The second kappa shape index (κ2) is 7.51. The van der Waals surface area contributed by atoms with Crippen molar-refractivity contribution in [1.29, 1.82) is 0 Å². The molecule has 0 unspecified atom stereocenters. The lowest BCUT2D eigenvalue weighted by molar-refractivity contribution is 0.382. The average Bonchev–Trinajstić information content (AvgIpc) is 3.24. The Bertz CT molecular complexity index is 1270. The number of aromatic amines is 1. The first-order valence-electron chi connectivity index (χ1n) is 9.68. The molecule has 3 heterocycles. The highest BCUT2D eigenvalue weighted by molar-refractivity contribution is 7.89. The number of hydrogen-bond donors (Lipinski definition) is 1. The SMILES string of the molecule is O=S(=O)(c1ccc2nc(-c3ccccc3)[nH]c2c1)N1CCN(c2ncccn2)CC1. The topological polar surface area (TPSA) is 95.1 Å². The van der Waals surface area contributed by atoms with Gasteiger partial charge in [-0.2, -0.15) is 4.31 Å². The summed E-state index contributed by atoms with van der Waals surface area (Å²) in [4.78, 5) is 18.6. The third kappa shape index (κ3) is 3.42. The van der Waals surface area contributed by atoms with Crippen LogP contribution in [0, 0.1) is 0 Å². The Labute approximate surface area is 174 Å². The van der Waals surface area contributed by atoms with Crippen molar-refractivity contribution in [2.75, 3.05) is 31.1 Å². The molecule has 0 amide bonds. The maximum atomic E-state index is 13.2. The zero-order valence-electron chi connectivity index (χ0n) is 16.1. The lowest BCUT2D eigenvalue weighted by Crippen LogP contribution is -2.49. The van der Waals surface area contributed by atoms with Crippen molar-refractivity contribution in [3.63, 3.8) is 0 Å². The van der Waals surface area contributed by atoms with E-state index in [4.69, 9.17) is 0 Å². The molecule has 0 saturated carbocycles. The Morgan fingerprint density at radius 1 is 0.867 bits per heavy atom. The number of sulfonamides is 1. The molecule has 152 valence electrons. The molecule has 0 spiro atoms. The summed E-state index contributed by atoms with van der Waals surface area (Å²) in [6.07, 6.45) is 3.38. The number of H-pyrrole nitrogens is 1. The van der Waals surface area contributed by atoms with Crippen LogP contribution in [-0.2, 0) is 10.0 Å². The van der Waals surface area contributed by atoms with Gasteiger partial charge in [-0.05, 0) is 24.3 Å². The number of nitrogens with zero attached hydrogens (tertiary/aromatic N) is 5. The van der Waals surface area contributed by atoms with Gasteiger partial charge in [0.2, 0.25) is 16.0 Å². The normalized spacial score (nSPS) is 15.5. The number of piperazine rings is 1. The zero-order chi connectivity index (χ0) is 20.6. The van der Waals surface area contributed by atoms with Gasteiger partial charge in [-0.3, -0.25) is 0 Å². The van der Waals surface area contributed by atoms with E-state index in [1.807, 2.05) is 35.2 Å². The van der Waals surface area contributed by atoms with E-state index in [9.17, 15) is 8.42 Å². The van der Waals surface area contributed by atoms with Crippen LogP contribution in [0.5, 0.6) is 0 Å². The minimum absolute atomic E-state index is 0.266. The first-order valence-corrected chi connectivity index (χ1v) is 11.1. The number of imidazole rings is 1. The molecule has 0 radical (unpaired) electrons. The molecule has 4 aromatic rings. The molecule has 0 atom stereocenters. The molecule has 0 bridgehead atoms. The maximum Gasteiger partial charge on any atom is 0.243 e. The Balaban J connectivity index is 1.38. The third-order valence-corrected chi connectivity index (χ3v) is 7.11. The van der Waals surface area contributed by atoms with E-state index in [1.165, 1.54) is 4.31 Å². The standard InChI is InChI=1S/C21H20N6O2S/c28-30(29,27-13-11-26(12-14-27)21-22-9-4-10-23-21)17-7-8-18-19(15-17)25-20(24-18)16-5-2-1-3-6-16/h1-10,15H,11-14H2,(H,24,25). The number of rotatable bonds is 4. The van der Waals surface area contributed by atoms with Crippen molar-refractivity contribution in [2.24, 2.45) is 0 Å². The minimum atomic E-state index is -3.60. The fourth-order valence-electron chi connectivity index (χ4n) is 3.61. The molecule has 1 saturated heterocycles. The molecule has 5 rings (SSSR count). The van der Waals surface area contributed by atoms with Gasteiger partial charge in [-0.1, -0.05) is 30.3 Å². The third-order valence-electron chi connectivity index (χ3n) is 5.21. The van der Waals surface area contributed by atoms with Gasteiger partial charge < -0.3 is 9.88 Å². The average molecular weight is 420 g/mol. The van der Waals surface area contributed by atoms with E-state index in [2.05, 4.69) is 19.9 Å². The molecule has 2 aromatic carbocycles. The van der Waals surface area contributed by atoms with E-state index in [-0.39, 0.29) is 4.90 Å². The minimum Gasteiger partial charge on any atom is -0.338 e. The summed E-state index contributed by atoms with van der Waals surface area (Å²) in [7, 11) is -3.60. The molecule has 1 aliphatic heterocycles. The Morgan fingerprint density at radius 3 is 2.33 bits per heavy atom. The summed E-state index contributed by atoms with van der Waals surface area (Å²) < 4.78 is 27.9. The molecular formula is C21H20N6O2S. The number of anilines is 1. The van der Waals surface area contributed by atoms with Crippen molar-refractivity contribution in [2.45, 2.75) is 4.90 Å². The number of fused-ring (bicyclic) bond motifs is 1. The predicted molar refractivity (Wildman–Crippen MR) is 115 cm³/mol. The molecule has 9 heteroatoms. The van der Waals surface area contributed by atoms with Crippen LogP contribution in [0.1, 0.15) is 0 Å². The summed E-state index contributed by atoms with van der Waals surface area (Å²) >= 11 is 0. The summed E-state index contributed by atoms with van der Waals surface area (Å²) in [6.45, 7) is 1.87. The second-order valence-electron chi connectivity index (χ2n) is 7.07.